The van der Waals surface area contributed by atoms with E-state index in [1.54, 1.807) is 7.11 Å². The van der Waals surface area contributed by atoms with Crippen LogP contribution in [0.15, 0.2) is 28.8 Å². The first-order chi connectivity index (χ1) is 10.8. The van der Waals surface area contributed by atoms with Gasteiger partial charge < -0.3 is 9.26 Å². The molecule has 0 unspecified atom stereocenters. The fraction of sp³-hybridized carbons (Fsp3) is 0.529. The van der Waals surface area contributed by atoms with Crippen molar-refractivity contribution in [3.63, 3.8) is 0 Å². The molecule has 1 aromatic heterocycles. The molecule has 116 valence electrons. The number of nitrogens with zero attached hydrogens (tertiary/aromatic N) is 3. The van der Waals surface area contributed by atoms with Gasteiger partial charge in [-0.15, -0.1) is 0 Å². The second-order valence-corrected chi connectivity index (χ2v) is 6.31. The summed E-state index contributed by atoms with van der Waals surface area (Å²) in [5.41, 5.74) is 1.29. The van der Waals surface area contributed by atoms with Gasteiger partial charge in [0.05, 0.1) is 13.7 Å². The van der Waals surface area contributed by atoms with Gasteiger partial charge in [-0.3, -0.25) is 4.90 Å². The lowest BCUT2D eigenvalue weighted by atomic mass is 10.2. The van der Waals surface area contributed by atoms with Crippen molar-refractivity contribution in [2.24, 2.45) is 0 Å². The van der Waals surface area contributed by atoms with Crippen LogP contribution in [-0.2, 0) is 13.1 Å². The van der Waals surface area contributed by atoms with Gasteiger partial charge in [0, 0.05) is 18.5 Å². The standard InChI is InChI=1S/C17H21N3O2/c1-21-15-8-2-12(3-9-15)10-20(14-6-7-14)11-16-18-17(22-19-16)13-4-5-13/h2-3,8-9,13-14H,4-7,10-11H2,1H3. The predicted molar refractivity (Wildman–Crippen MR) is 81.5 cm³/mol. The SMILES string of the molecule is COc1ccc(CN(Cc2noc(C3CC3)n2)C2CC2)cc1. The molecule has 5 heteroatoms. The molecule has 0 amide bonds. The van der Waals surface area contributed by atoms with Crippen LogP contribution >= 0.6 is 0 Å². The van der Waals surface area contributed by atoms with Crippen molar-refractivity contribution in [2.75, 3.05) is 7.11 Å². The molecular formula is C17H21N3O2. The summed E-state index contributed by atoms with van der Waals surface area (Å²) in [6.45, 7) is 1.69. The molecule has 2 fully saturated rings. The van der Waals surface area contributed by atoms with Crippen LogP contribution in [0.5, 0.6) is 5.75 Å². The third-order valence-corrected chi connectivity index (χ3v) is 4.36. The number of methoxy groups -OCH3 is 1. The largest absolute Gasteiger partial charge is 0.497 e. The Balaban J connectivity index is 1.43. The molecule has 0 saturated heterocycles. The van der Waals surface area contributed by atoms with Crippen molar-refractivity contribution in [1.82, 2.24) is 15.0 Å². The molecule has 4 rings (SSSR count). The third kappa shape index (κ3) is 3.14. The summed E-state index contributed by atoms with van der Waals surface area (Å²) in [5.74, 6) is 3.07. The molecule has 0 bridgehead atoms. The van der Waals surface area contributed by atoms with Gasteiger partial charge in [-0.05, 0) is 43.4 Å². The predicted octanol–water partition coefficient (Wildman–Crippen LogP) is 3.12. The molecule has 2 aliphatic rings. The van der Waals surface area contributed by atoms with Crippen LogP contribution in [-0.4, -0.2) is 28.2 Å². The van der Waals surface area contributed by atoms with E-state index in [-0.39, 0.29) is 0 Å². The molecule has 0 N–H and O–H groups in total. The van der Waals surface area contributed by atoms with Crippen LogP contribution in [0.3, 0.4) is 0 Å². The Labute approximate surface area is 130 Å². The summed E-state index contributed by atoms with van der Waals surface area (Å²) in [6.07, 6.45) is 4.92. The molecule has 0 radical (unpaired) electrons. The second-order valence-electron chi connectivity index (χ2n) is 6.31. The Bertz CT molecular complexity index is 630. The molecule has 1 heterocycles. The Morgan fingerprint density at radius 1 is 1.14 bits per heavy atom. The van der Waals surface area contributed by atoms with Crippen LogP contribution in [0.1, 0.15) is 48.9 Å². The zero-order valence-corrected chi connectivity index (χ0v) is 12.9. The summed E-state index contributed by atoms with van der Waals surface area (Å²) in [7, 11) is 1.69. The quantitative estimate of drug-likeness (QED) is 0.786. The average molecular weight is 299 g/mol. The fourth-order valence-corrected chi connectivity index (χ4v) is 2.73. The molecule has 22 heavy (non-hydrogen) atoms. The normalized spacial score (nSPS) is 17.9. The molecule has 0 atom stereocenters. The average Bonchev–Trinajstić information content (AvgIpc) is 3.46. The molecular weight excluding hydrogens is 278 g/mol. The topological polar surface area (TPSA) is 51.4 Å². The lowest BCUT2D eigenvalue weighted by Crippen LogP contribution is -2.25. The zero-order chi connectivity index (χ0) is 14.9. The summed E-state index contributed by atoms with van der Waals surface area (Å²) < 4.78 is 10.6. The number of hydrogen-bond donors (Lipinski definition) is 0. The molecule has 0 spiro atoms. The van der Waals surface area contributed by atoms with Gasteiger partial charge in [0.25, 0.3) is 0 Å². The smallest absolute Gasteiger partial charge is 0.229 e. The molecule has 2 saturated carbocycles. The lowest BCUT2D eigenvalue weighted by Gasteiger charge is -2.20. The molecule has 2 aromatic rings. The maximum Gasteiger partial charge on any atom is 0.229 e. The van der Waals surface area contributed by atoms with E-state index < -0.39 is 0 Å². The second kappa shape index (κ2) is 5.72. The monoisotopic (exact) mass is 299 g/mol. The third-order valence-electron chi connectivity index (χ3n) is 4.36. The van der Waals surface area contributed by atoms with E-state index in [1.165, 1.54) is 31.2 Å². The maximum absolute atomic E-state index is 5.37. The maximum atomic E-state index is 5.37. The number of rotatable bonds is 7. The molecule has 2 aliphatic carbocycles. The van der Waals surface area contributed by atoms with Gasteiger partial charge in [-0.25, -0.2) is 0 Å². The first-order valence-corrected chi connectivity index (χ1v) is 8.01. The van der Waals surface area contributed by atoms with E-state index in [1.807, 2.05) is 12.1 Å². The highest BCUT2D eigenvalue weighted by molar-refractivity contribution is 5.27. The summed E-state index contributed by atoms with van der Waals surface area (Å²) in [6, 6.07) is 8.94. The number of ether oxygens (including phenoxy) is 1. The van der Waals surface area contributed by atoms with E-state index in [0.717, 1.165) is 30.6 Å². The summed E-state index contributed by atoms with van der Waals surface area (Å²) >= 11 is 0. The highest BCUT2D eigenvalue weighted by Gasteiger charge is 2.32. The first-order valence-electron chi connectivity index (χ1n) is 8.01. The van der Waals surface area contributed by atoms with Gasteiger partial charge >= 0.3 is 0 Å². The van der Waals surface area contributed by atoms with Gasteiger partial charge in [-0.2, -0.15) is 4.98 Å². The van der Waals surface area contributed by atoms with Crippen molar-refractivity contribution in [3.8, 4) is 5.75 Å². The van der Waals surface area contributed by atoms with E-state index in [0.29, 0.717) is 12.0 Å². The zero-order valence-electron chi connectivity index (χ0n) is 12.9. The Hall–Kier alpha value is -1.88. The van der Waals surface area contributed by atoms with Crippen molar-refractivity contribution in [3.05, 3.63) is 41.5 Å². The van der Waals surface area contributed by atoms with E-state index in [2.05, 4.69) is 27.2 Å². The first kappa shape index (κ1) is 13.8. The molecule has 1 aromatic carbocycles. The van der Waals surface area contributed by atoms with Gasteiger partial charge in [0.2, 0.25) is 5.89 Å². The summed E-state index contributed by atoms with van der Waals surface area (Å²) in [4.78, 5) is 7.00. The fourth-order valence-electron chi connectivity index (χ4n) is 2.73. The number of hydrogen-bond acceptors (Lipinski definition) is 5. The van der Waals surface area contributed by atoms with Crippen molar-refractivity contribution in [1.29, 1.82) is 0 Å². The van der Waals surface area contributed by atoms with E-state index in [9.17, 15) is 0 Å². The van der Waals surface area contributed by atoms with Crippen LogP contribution in [0.2, 0.25) is 0 Å². The van der Waals surface area contributed by atoms with E-state index >= 15 is 0 Å². The number of benzene rings is 1. The van der Waals surface area contributed by atoms with Crippen molar-refractivity contribution in [2.45, 2.75) is 50.7 Å². The Morgan fingerprint density at radius 2 is 1.91 bits per heavy atom. The van der Waals surface area contributed by atoms with Gasteiger partial charge in [-0.1, -0.05) is 17.3 Å². The highest BCUT2D eigenvalue weighted by atomic mass is 16.5. The van der Waals surface area contributed by atoms with Crippen LogP contribution in [0, 0.1) is 0 Å². The highest BCUT2D eigenvalue weighted by Crippen LogP contribution is 2.39. The molecule has 5 nitrogen and oxygen atoms in total. The lowest BCUT2D eigenvalue weighted by molar-refractivity contribution is 0.235. The Morgan fingerprint density at radius 3 is 2.55 bits per heavy atom. The van der Waals surface area contributed by atoms with Crippen LogP contribution < -0.4 is 4.74 Å². The van der Waals surface area contributed by atoms with Gasteiger partial charge in [0.15, 0.2) is 5.82 Å². The minimum Gasteiger partial charge on any atom is -0.497 e. The van der Waals surface area contributed by atoms with Crippen LogP contribution in [0.25, 0.3) is 0 Å². The molecule has 0 aliphatic heterocycles. The van der Waals surface area contributed by atoms with Crippen molar-refractivity contribution >= 4 is 0 Å². The van der Waals surface area contributed by atoms with E-state index in [4.69, 9.17) is 9.26 Å². The minimum absolute atomic E-state index is 0.525. The minimum atomic E-state index is 0.525. The summed E-state index contributed by atoms with van der Waals surface area (Å²) in [5, 5.41) is 4.15. The Kier molecular flexibility index (Phi) is 3.58. The van der Waals surface area contributed by atoms with Crippen LogP contribution in [0.4, 0.5) is 0 Å². The van der Waals surface area contributed by atoms with Crippen molar-refractivity contribution < 1.29 is 9.26 Å². The number of aromatic nitrogens is 2. The van der Waals surface area contributed by atoms with Gasteiger partial charge in [0.1, 0.15) is 5.75 Å².